The van der Waals surface area contributed by atoms with Crippen molar-refractivity contribution in [2.24, 2.45) is 0 Å². The van der Waals surface area contributed by atoms with Gasteiger partial charge in [0.05, 0.1) is 12.5 Å². The van der Waals surface area contributed by atoms with Gasteiger partial charge < -0.3 is 4.74 Å². The van der Waals surface area contributed by atoms with Gasteiger partial charge in [0.2, 0.25) is 0 Å². The molecule has 1 unspecified atom stereocenters. The number of halogens is 4. The van der Waals surface area contributed by atoms with Gasteiger partial charge in [-0.3, -0.25) is 0 Å². The lowest BCUT2D eigenvalue weighted by Gasteiger charge is -2.15. The Hall–Kier alpha value is -1.13. The number of alkyl halides is 1. The third-order valence-corrected chi connectivity index (χ3v) is 3.83. The molecule has 0 amide bonds. The Morgan fingerprint density at radius 1 is 1.20 bits per heavy atom. The molecule has 0 radical (unpaired) electrons. The van der Waals surface area contributed by atoms with E-state index in [1.54, 1.807) is 13.2 Å². The molecule has 2 aromatic carbocycles. The van der Waals surface area contributed by atoms with Gasteiger partial charge >= 0.3 is 0 Å². The van der Waals surface area contributed by atoms with E-state index in [9.17, 15) is 8.78 Å². The molecule has 0 bridgehead atoms. The largest absolute Gasteiger partial charge is 0.496 e. The third-order valence-electron chi connectivity index (χ3n) is 2.95. The zero-order valence-electron chi connectivity index (χ0n) is 10.7. The minimum absolute atomic E-state index is 0.256. The van der Waals surface area contributed by atoms with E-state index in [1.165, 1.54) is 12.1 Å². The summed E-state index contributed by atoms with van der Waals surface area (Å²) in [6.07, 6.45) is 0.256. The van der Waals surface area contributed by atoms with Gasteiger partial charge in [-0.05, 0) is 30.2 Å². The number of ether oxygens (including phenoxy) is 1. The molecule has 0 heterocycles. The van der Waals surface area contributed by atoms with Gasteiger partial charge in [0.25, 0.3) is 0 Å². The van der Waals surface area contributed by atoms with Crippen molar-refractivity contribution in [3.63, 3.8) is 0 Å². The fraction of sp³-hybridized carbons (Fsp3) is 0.200. The van der Waals surface area contributed by atoms with Crippen molar-refractivity contribution in [3.05, 3.63) is 63.6 Å². The van der Waals surface area contributed by atoms with Crippen molar-refractivity contribution in [1.29, 1.82) is 0 Å². The highest BCUT2D eigenvalue weighted by molar-refractivity contribution is 9.10. The highest BCUT2D eigenvalue weighted by atomic mass is 79.9. The molecule has 106 valence electrons. The van der Waals surface area contributed by atoms with E-state index in [0.29, 0.717) is 11.3 Å². The molecule has 1 atom stereocenters. The van der Waals surface area contributed by atoms with Crippen LogP contribution in [0.1, 0.15) is 16.5 Å². The van der Waals surface area contributed by atoms with E-state index in [-0.39, 0.29) is 6.42 Å². The van der Waals surface area contributed by atoms with Crippen LogP contribution in [0.15, 0.2) is 40.9 Å². The first-order valence-corrected chi connectivity index (χ1v) is 7.15. The first kappa shape index (κ1) is 15.3. The molecule has 0 saturated heterocycles. The van der Waals surface area contributed by atoms with Crippen LogP contribution < -0.4 is 4.74 Å². The summed E-state index contributed by atoms with van der Waals surface area (Å²) in [7, 11) is 1.55. The van der Waals surface area contributed by atoms with Crippen LogP contribution in [0.2, 0.25) is 0 Å². The van der Waals surface area contributed by atoms with Crippen LogP contribution in [-0.2, 0) is 6.42 Å². The zero-order valence-corrected chi connectivity index (χ0v) is 13.0. The summed E-state index contributed by atoms with van der Waals surface area (Å²) in [6.45, 7) is 0. The summed E-state index contributed by atoms with van der Waals surface area (Å²) in [5.41, 5.74) is 1.14. The standard InChI is InChI=1S/C15H12BrClF2O/c1-20-15-7-10(16)3-5-12(15)13(17)6-9-2-4-11(18)8-14(9)19/h2-5,7-8,13H,6H2,1H3. The second kappa shape index (κ2) is 6.55. The predicted molar refractivity (Wildman–Crippen MR) is 79.4 cm³/mol. The summed E-state index contributed by atoms with van der Waals surface area (Å²) < 4.78 is 32.6. The molecule has 20 heavy (non-hydrogen) atoms. The first-order chi connectivity index (χ1) is 9.51. The Bertz CT molecular complexity index is 619. The van der Waals surface area contributed by atoms with Gasteiger partial charge in [-0.1, -0.05) is 28.1 Å². The van der Waals surface area contributed by atoms with Gasteiger partial charge in [0.1, 0.15) is 17.4 Å². The predicted octanol–water partition coefficient (Wildman–Crippen LogP) is 5.26. The summed E-state index contributed by atoms with van der Waals surface area (Å²) >= 11 is 9.68. The van der Waals surface area contributed by atoms with Gasteiger partial charge in [0, 0.05) is 16.1 Å². The Kier molecular flexibility index (Phi) is 5.00. The van der Waals surface area contributed by atoms with Gasteiger partial charge in [-0.25, -0.2) is 8.78 Å². The maximum atomic E-state index is 13.6. The third kappa shape index (κ3) is 3.49. The fourth-order valence-corrected chi connectivity index (χ4v) is 2.62. The van der Waals surface area contributed by atoms with Crippen LogP contribution in [0.3, 0.4) is 0 Å². The average Bonchev–Trinajstić information content (AvgIpc) is 2.41. The van der Waals surface area contributed by atoms with Crippen molar-refractivity contribution in [1.82, 2.24) is 0 Å². The minimum Gasteiger partial charge on any atom is -0.496 e. The quantitative estimate of drug-likeness (QED) is 0.675. The molecule has 0 aliphatic rings. The molecule has 0 saturated carbocycles. The second-order valence-electron chi connectivity index (χ2n) is 4.29. The Morgan fingerprint density at radius 3 is 2.60 bits per heavy atom. The van der Waals surface area contributed by atoms with Crippen molar-refractivity contribution in [2.75, 3.05) is 7.11 Å². The van der Waals surface area contributed by atoms with E-state index in [1.807, 2.05) is 12.1 Å². The highest BCUT2D eigenvalue weighted by Gasteiger charge is 2.16. The van der Waals surface area contributed by atoms with Crippen LogP contribution >= 0.6 is 27.5 Å². The van der Waals surface area contributed by atoms with E-state index in [4.69, 9.17) is 16.3 Å². The second-order valence-corrected chi connectivity index (χ2v) is 5.74. The minimum atomic E-state index is -0.599. The first-order valence-electron chi connectivity index (χ1n) is 5.92. The van der Waals surface area contributed by atoms with E-state index >= 15 is 0 Å². The summed E-state index contributed by atoms with van der Waals surface area (Å²) in [5, 5.41) is -0.460. The molecule has 5 heteroatoms. The Morgan fingerprint density at radius 2 is 1.95 bits per heavy atom. The maximum Gasteiger partial charge on any atom is 0.129 e. The molecule has 2 rings (SSSR count). The number of hydrogen-bond acceptors (Lipinski definition) is 1. The van der Waals surface area contributed by atoms with Crippen molar-refractivity contribution < 1.29 is 13.5 Å². The molecule has 0 aliphatic heterocycles. The fourth-order valence-electron chi connectivity index (χ4n) is 1.93. The molecular formula is C15H12BrClF2O. The summed E-state index contributed by atoms with van der Waals surface area (Å²) in [4.78, 5) is 0. The number of benzene rings is 2. The molecule has 1 nitrogen and oxygen atoms in total. The lowest BCUT2D eigenvalue weighted by atomic mass is 10.0. The van der Waals surface area contributed by atoms with E-state index in [0.717, 1.165) is 16.1 Å². The molecule has 0 fully saturated rings. The Balaban J connectivity index is 2.25. The molecule has 0 aliphatic carbocycles. The van der Waals surface area contributed by atoms with E-state index < -0.39 is 17.0 Å². The highest BCUT2D eigenvalue weighted by Crippen LogP contribution is 2.34. The van der Waals surface area contributed by atoms with Crippen LogP contribution in [0.5, 0.6) is 5.75 Å². The lowest BCUT2D eigenvalue weighted by Crippen LogP contribution is -2.01. The number of methoxy groups -OCH3 is 1. The van der Waals surface area contributed by atoms with Gasteiger partial charge in [0.15, 0.2) is 0 Å². The molecule has 2 aromatic rings. The van der Waals surface area contributed by atoms with Crippen molar-refractivity contribution in [2.45, 2.75) is 11.8 Å². The average molecular weight is 362 g/mol. The summed E-state index contributed by atoms with van der Waals surface area (Å²) in [6, 6.07) is 8.95. The lowest BCUT2D eigenvalue weighted by molar-refractivity contribution is 0.408. The normalized spacial score (nSPS) is 12.2. The smallest absolute Gasteiger partial charge is 0.129 e. The van der Waals surface area contributed by atoms with Crippen molar-refractivity contribution >= 4 is 27.5 Å². The van der Waals surface area contributed by atoms with Crippen molar-refractivity contribution in [3.8, 4) is 5.75 Å². The van der Waals surface area contributed by atoms with Gasteiger partial charge in [-0.15, -0.1) is 11.6 Å². The monoisotopic (exact) mass is 360 g/mol. The summed E-state index contributed by atoms with van der Waals surface area (Å²) in [5.74, 6) is -0.563. The van der Waals surface area contributed by atoms with E-state index in [2.05, 4.69) is 15.9 Å². The van der Waals surface area contributed by atoms with Crippen LogP contribution in [0, 0.1) is 11.6 Å². The molecular weight excluding hydrogens is 350 g/mol. The number of hydrogen-bond donors (Lipinski definition) is 0. The Labute approximate surface area is 129 Å². The maximum absolute atomic E-state index is 13.6. The number of rotatable bonds is 4. The van der Waals surface area contributed by atoms with Crippen LogP contribution in [0.25, 0.3) is 0 Å². The molecule has 0 aromatic heterocycles. The SMILES string of the molecule is COc1cc(Br)ccc1C(Cl)Cc1ccc(F)cc1F. The molecule has 0 spiro atoms. The van der Waals surface area contributed by atoms with Crippen LogP contribution in [0.4, 0.5) is 8.78 Å². The van der Waals surface area contributed by atoms with Gasteiger partial charge in [-0.2, -0.15) is 0 Å². The topological polar surface area (TPSA) is 9.23 Å². The zero-order chi connectivity index (χ0) is 14.7. The molecule has 0 N–H and O–H groups in total. The van der Waals surface area contributed by atoms with Crippen LogP contribution in [-0.4, -0.2) is 7.11 Å².